The number of nitrogens with one attached hydrogen (secondary N) is 1. The van der Waals surface area contributed by atoms with Crippen LogP contribution in [0.5, 0.6) is 0 Å². The minimum atomic E-state index is -0.00462. The summed E-state index contributed by atoms with van der Waals surface area (Å²) in [5, 5.41) is 3.85. The van der Waals surface area contributed by atoms with Crippen LogP contribution >= 0.6 is 0 Å². The summed E-state index contributed by atoms with van der Waals surface area (Å²) in [6.07, 6.45) is 9.89. The molecule has 21 heavy (non-hydrogen) atoms. The highest BCUT2D eigenvalue weighted by Gasteiger charge is 2.37. The van der Waals surface area contributed by atoms with Crippen LogP contribution in [0.15, 0.2) is 0 Å². The lowest BCUT2D eigenvalue weighted by atomic mass is 9.89. The molecule has 1 heterocycles. The van der Waals surface area contributed by atoms with Crippen molar-refractivity contribution in [2.45, 2.75) is 96.4 Å². The molecule has 2 aliphatic rings. The monoisotopic (exact) mass is 296 g/mol. The highest BCUT2D eigenvalue weighted by atomic mass is 16.5. The van der Waals surface area contributed by atoms with E-state index in [0.717, 1.165) is 19.6 Å². The van der Waals surface area contributed by atoms with Gasteiger partial charge in [0.15, 0.2) is 0 Å². The van der Waals surface area contributed by atoms with Gasteiger partial charge in [0.25, 0.3) is 0 Å². The summed E-state index contributed by atoms with van der Waals surface area (Å²) in [6.45, 7) is 12.3. The van der Waals surface area contributed by atoms with Gasteiger partial charge in [-0.1, -0.05) is 32.6 Å². The average Bonchev–Trinajstić information content (AvgIpc) is 2.35. The van der Waals surface area contributed by atoms with Gasteiger partial charge in [-0.3, -0.25) is 4.90 Å². The van der Waals surface area contributed by atoms with Crippen molar-refractivity contribution in [1.82, 2.24) is 10.2 Å². The van der Waals surface area contributed by atoms with Gasteiger partial charge in [0, 0.05) is 25.2 Å². The van der Waals surface area contributed by atoms with E-state index in [2.05, 4.69) is 37.9 Å². The molecule has 1 aliphatic heterocycles. The van der Waals surface area contributed by atoms with Crippen LogP contribution in [0.3, 0.4) is 0 Å². The second-order valence-electron chi connectivity index (χ2n) is 7.74. The third kappa shape index (κ3) is 5.22. The van der Waals surface area contributed by atoms with Crippen molar-refractivity contribution in [2.24, 2.45) is 0 Å². The lowest BCUT2D eigenvalue weighted by Gasteiger charge is -2.48. The van der Waals surface area contributed by atoms with Gasteiger partial charge in [0.05, 0.1) is 11.7 Å². The quantitative estimate of drug-likeness (QED) is 0.858. The lowest BCUT2D eigenvalue weighted by molar-refractivity contribution is -0.141. The van der Waals surface area contributed by atoms with Gasteiger partial charge in [-0.15, -0.1) is 0 Å². The van der Waals surface area contributed by atoms with Gasteiger partial charge >= 0.3 is 0 Å². The van der Waals surface area contributed by atoms with Crippen LogP contribution in [0, 0.1) is 0 Å². The van der Waals surface area contributed by atoms with Gasteiger partial charge in [0.1, 0.15) is 0 Å². The molecule has 0 bridgehead atoms. The minimum absolute atomic E-state index is 0.00462. The maximum absolute atomic E-state index is 6.10. The summed E-state index contributed by atoms with van der Waals surface area (Å²) in [7, 11) is 0. The van der Waals surface area contributed by atoms with Crippen molar-refractivity contribution in [3.63, 3.8) is 0 Å². The van der Waals surface area contributed by atoms with Crippen molar-refractivity contribution in [2.75, 3.05) is 19.6 Å². The fourth-order valence-electron chi connectivity index (χ4n) is 4.23. The van der Waals surface area contributed by atoms with Crippen LogP contribution in [-0.4, -0.2) is 48.3 Å². The number of nitrogens with zero attached hydrogens (tertiary/aromatic N) is 1. The number of morpholine rings is 1. The highest BCUT2D eigenvalue weighted by molar-refractivity contribution is 4.92. The molecule has 2 rings (SSSR count). The van der Waals surface area contributed by atoms with Gasteiger partial charge < -0.3 is 10.1 Å². The Balaban J connectivity index is 2.06. The topological polar surface area (TPSA) is 24.5 Å². The van der Waals surface area contributed by atoms with Gasteiger partial charge in [-0.05, 0) is 46.6 Å². The molecule has 1 N–H and O–H groups in total. The largest absolute Gasteiger partial charge is 0.370 e. The smallest absolute Gasteiger partial charge is 0.0757 e. The van der Waals surface area contributed by atoms with Crippen LogP contribution in [0.1, 0.15) is 72.6 Å². The first-order valence-electron chi connectivity index (χ1n) is 9.17. The predicted molar refractivity (Wildman–Crippen MR) is 89.8 cm³/mol. The Labute approximate surface area is 131 Å². The molecular formula is C18H36N2O. The highest BCUT2D eigenvalue weighted by Crippen LogP contribution is 2.28. The predicted octanol–water partition coefficient (Wildman–Crippen LogP) is 3.58. The summed E-state index contributed by atoms with van der Waals surface area (Å²) in [6, 6.07) is 1.37. The van der Waals surface area contributed by atoms with E-state index < -0.39 is 0 Å². The molecule has 0 spiro atoms. The van der Waals surface area contributed by atoms with Gasteiger partial charge in [-0.2, -0.15) is 0 Å². The number of hydrogen-bond donors (Lipinski definition) is 1. The molecule has 124 valence electrons. The summed E-state index contributed by atoms with van der Waals surface area (Å²) < 4.78 is 6.10. The Hall–Kier alpha value is -0.120. The zero-order valence-electron chi connectivity index (χ0n) is 14.7. The SMILES string of the molecule is CCCNC1CCCCCCC1N1CC(C)OC(C)(C)C1. The normalized spacial score (nSPS) is 35.1. The lowest BCUT2D eigenvalue weighted by Crippen LogP contribution is -2.60. The molecule has 1 saturated carbocycles. The standard InChI is InChI=1S/C18H36N2O/c1-5-12-19-16-10-8-6-7-9-11-17(16)20-13-15(2)21-18(3,4)14-20/h15-17,19H,5-14H2,1-4H3. The molecule has 1 aliphatic carbocycles. The summed E-state index contributed by atoms with van der Waals surface area (Å²) in [5.74, 6) is 0. The second kappa shape index (κ2) is 7.94. The zero-order chi connectivity index (χ0) is 15.3. The number of ether oxygens (including phenoxy) is 1. The summed E-state index contributed by atoms with van der Waals surface area (Å²) in [4.78, 5) is 2.73. The Morgan fingerprint density at radius 2 is 1.86 bits per heavy atom. The fraction of sp³-hybridized carbons (Fsp3) is 1.00. The molecule has 3 heteroatoms. The molecule has 2 fully saturated rings. The molecule has 0 aromatic rings. The first kappa shape index (κ1) is 17.2. The van der Waals surface area contributed by atoms with Crippen LogP contribution < -0.4 is 5.32 Å². The van der Waals surface area contributed by atoms with Gasteiger partial charge in [-0.25, -0.2) is 0 Å². The Morgan fingerprint density at radius 3 is 2.52 bits per heavy atom. The van der Waals surface area contributed by atoms with Crippen LogP contribution in [0.25, 0.3) is 0 Å². The Kier molecular flexibility index (Phi) is 6.51. The van der Waals surface area contributed by atoms with Crippen molar-refractivity contribution < 1.29 is 4.74 Å². The van der Waals surface area contributed by atoms with E-state index in [1.54, 1.807) is 0 Å². The molecule has 0 amide bonds. The first-order chi connectivity index (χ1) is 10.0. The van der Waals surface area contributed by atoms with E-state index in [0.29, 0.717) is 18.2 Å². The van der Waals surface area contributed by atoms with Crippen molar-refractivity contribution in [3.8, 4) is 0 Å². The van der Waals surface area contributed by atoms with E-state index in [1.165, 1.54) is 44.9 Å². The van der Waals surface area contributed by atoms with E-state index in [9.17, 15) is 0 Å². The molecule has 0 aromatic heterocycles. The zero-order valence-corrected chi connectivity index (χ0v) is 14.7. The maximum Gasteiger partial charge on any atom is 0.0757 e. The minimum Gasteiger partial charge on any atom is -0.370 e. The Morgan fingerprint density at radius 1 is 1.14 bits per heavy atom. The van der Waals surface area contributed by atoms with Crippen molar-refractivity contribution in [1.29, 1.82) is 0 Å². The molecule has 3 atom stereocenters. The van der Waals surface area contributed by atoms with Crippen LogP contribution in [0.4, 0.5) is 0 Å². The molecule has 0 aromatic carbocycles. The maximum atomic E-state index is 6.10. The molecule has 3 nitrogen and oxygen atoms in total. The second-order valence-corrected chi connectivity index (χ2v) is 7.74. The average molecular weight is 296 g/mol. The Bertz CT molecular complexity index is 304. The van der Waals surface area contributed by atoms with E-state index in [1.807, 2.05) is 0 Å². The van der Waals surface area contributed by atoms with E-state index in [4.69, 9.17) is 4.74 Å². The van der Waals surface area contributed by atoms with Crippen LogP contribution in [0.2, 0.25) is 0 Å². The molecule has 0 radical (unpaired) electrons. The summed E-state index contributed by atoms with van der Waals surface area (Å²) >= 11 is 0. The summed E-state index contributed by atoms with van der Waals surface area (Å²) in [5.41, 5.74) is -0.00462. The molecular weight excluding hydrogens is 260 g/mol. The number of rotatable bonds is 4. The van der Waals surface area contributed by atoms with Crippen LogP contribution in [-0.2, 0) is 4.74 Å². The van der Waals surface area contributed by atoms with E-state index >= 15 is 0 Å². The fourth-order valence-corrected chi connectivity index (χ4v) is 4.23. The van der Waals surface area contributed by atoms with Gasteiger partial charge in [0.2, 0.25) is 0 Å². The van der Waals surface area contributed by atoms with E-state index in [-0.39, 0.29) is 5.60 Å². The third-order valence-electron chi connectivity index (χ3n) is 4.95. The first-order valence-corrected chi connectivity index (χ1v) is 9.17. The molecule has 1 saturated heterocycles. The molecule has 3 unspecified atom stereocenters. The van der Waals surface area contributed by atoms with Crippen molar-refractivity contribution >= 4 is 0 Å². The third-order valence-corrected chi connectivity index (χ3v) is 4.95. The van der Waals surface area contributed by atoms with Crippen molar-refractivity contribution in [3.05, 3.63) is 0 Å². The number of hydrogen-bond acceptors (Lipinski definition) is 3.